The van der Waals surface area contributed by atoms with Gasteiger partial charge < -0.3 is 55.1 Å². The van der Waals surface area contributed by atoms with E-state index in [0.29, 0.717) is 71.8 Å². The largest absolute Gasteiger partial charge is 0.744 e. The molecule has 1 aromatic carbocycles. The van der Waals surface area contributed by atoms with E-state index in [2.05, 4.69) is 31.6 Å². The van der Waals surface area contributed by atoms with Crippen molar-refractivity contribution in [1.29, 1.82) is 0 Å². The first-order valence-corrected chi connectivity index (χ1v) is 30.4. The second-order valence-corrected chi connectivity index (χ2v) is 24.8. The number of rotatable bonds is 10. The zero-order chi connectivity index (χ0) is 55.8. The number of aromatic nitrogens is 2. The molecule has 3 atom stereocenters. The Labute approximate surface area is 453 Å². The maximum Gasteiger partial charge on any atom is 0.243 e. The van der Waals surface area contributed by atoms with Crippen molar-refractivity contribution in [1.82, 2.24) is 31.6 Å². The minimum Gasteiger partial charge on any atom is -0.744 e. The molecule has 0 spiro atoms. The Morgan fingerprint density at radius 3 is 1.91 bits per heavy atom. The van der Waals surface area contributed by atoms with Gasteiger partial charge in [0.05, 0.1) is 17.7 Å². The van der Waals surface area contributed by atoms with Gasteiger partial charge in [-0.1, -0.05) is 0 Å². The Hall–Kier alpha value is -6.18. The minimum atomic E-state index is -5.03. The van der Waals surface area contributed by atoms with Crippen molar-refractivity contribution in [2.45, 2.75) is 121 Å². The second-order valence-electron chi connectivity index (χ2n) is 17.9. The standard InChI is InChI=1S/C48H60N8O16S5/c49-20-22-51-45(59)35-9-5-6-21-50-46(60)36(28-33-13-16-43(73-33)76(65,66)67)53-41(57)10-3-1-7-23-56-24-18-31(19-25-56)48-52-30-39(72-48)32-12-15-38(40(27-32)75(62,63)64)71-26-8-2-4-11-42(58)54-37(47(61)55-35)29-34-14-17-44(74-34)77(68,69)70/h12-19,24-25,27,30,35-37H,1-11,20-23,26,28-29,49H2,(H7-,50,51,53,54,55,57,58,59,60,61,62,63,64,65,66,67,68,69,70)/p-2. The highest BCUT2D eigenvalue weighted by atomic mass is 32.3. The number of thiophene rings is 2. The van der Waals surface area contributed by atoms with E-state index in [4.69, 9.17) is 14.9 Å². The van der Waals surface area contributed by atoms with Crippen LogP contribution in [0.15, 0.2) is 90.9 Å². The van der Waals surface area contributed by atoms with Crippen molar-refractivity contribution in [3.63, 3.8) is 0 Å². The number of oxazole rings is 1. The number of benzene rings is 1. The smallest absolute Gasteiger partial charge is 0.243 e. The number of hydrogen-bond acceptors (Lipinski definition) is 20. The number of amides is 5. The van der Waals surface area contributed by atoms with Crippen LogP contribution in [0.2, 0.25) is 0 Å². The normalized spacial score (nSPS) is 19.0. The molecule has 0 radical (unpaired) electrons. The van der Waals surface area contributed by atoms with Gasteiger partial charge in [-0.25, -0.2) is 34.8 Å². The summed E-state index contributed by atoms with van der Waals surface area (Å²) >= 11 is 1.30. The summed E-state index contributed by atoms with van der Waals surface area (Å²) in [6.07, 6.45) is 7.83. The lowest BCUT2D eigenvalue weighted by molar-refractivity contribution is -0.697. The summed E-state index contributed by atoms with van der Waals surface area (Å²) < 4.78 is 120. The number of ether oxygens (including phenoxy) is 1. The maximum atomic E-state index is 14.0. The predicted octanol–water partition coefficient (Wildman–Crippen LogP) is 1.95. The van der Waals surface area contributed by atoms with Gasteiger partial charge in [0.25, 0.3) is 0 Å². The quantitative estimate of drug-likeness (QED) is 0.0859. The molecule has 418 valence electrons. The van der Waals surface area contributed by atoms with Crippen LogP contribution in [0.3, 0.4) is 0 Å². The van der Waals surface area contributed by atoms with E-state index >= 15 is 0 Å². The summed E-state index contributed by atoms with van der Waals surface area (Å²) in [7, 11) is -14.6. The summed E-state index contributed by atoms with van der Waals surface area (Å²) in [4.78, 5) is 71.9. The molecule has 4 aromatic heterocycles. The lowest BCUT2D eigenvalue weighted by Crippen LogP contribution is -2.54. The van der Waals surface area contributed by atoms with Gasteiger partial charge in [0.1, 0.15) is 69.2 Å². The molecule has 0 saturated carbocycles. The van der Waals surface area contributed by atoms with Crippen LogP contribution in [0.5, 0.6) is 5.75 Å². The van der Waals surface area contributed by atoms with Gasteiger partial charge in [-0.3, -0.25) is 24.0 Å². The number of nitrogens with zero attached hydrogens (tertiary/aromatic N) is 2. The van der Waals surface area contributed by atoms with Crippen molar-refractivity contribution in [2.24, 2.45) is 5.73 Å². The Morgan fingerprint density at radius 1 is 0.714 bits per heavy atom. The molecule has 6 bridgehead atoms. The molecule has 29 heteroatoms. The Morgan fingerprint density at radius 2 is 1.32 bits per heavy atom. The predicted molar refractivity (Wildman–Crippen MR) is 275 cm³/mol. The SMILES string of the molecule is NCCNC(=O)C1CCCCNC(=O)C(Cc2ccc(S(=O)(=O)[O-])s2)NC(=O)CCCCC[n+]2ccc(cc2)-c2ncc(o2)-c2ccc(c(S(=O)(=O)[O-])c2)OCCCCCC(=O)NC(Cc2ccc(S(=O)(=O)[O-])s2)C(=O)N1. The summed E-state index contributed by atoms with van der Waals surface area (Å²) in [6, 6.07) is 8.74. The molecule has 8 rings (SSSR count). The summed E-state index contributed by atoms with van der Waals surface area (Å²) in [5.74, 6) is -2.84. The Bertz CT molecular complexity index is 3200. The van der Waals surface area contributed by atoms with Crippen molar-refractivity contribution in [2.75, 3.05) is 26.2 Å². The Kier molecular flexibility index (Phi) is 21.8. The number of hydrogen-bond donors (Lipinski definition) is 6. The highest BCUT2D eigenvalue weighted by Crippen LogP contribution is 2.32. The number of carbonyl (C=O) groups excluding carboxylic acids is 5. The number of aryl methyl sites for hydroxylation is 1. The van der Waals surface area contributed by atoms with Crippen LogP contribution in [-0.4, -0.2) is 118 Å². The fourth-order valence-corrected chi connectivity index (χ4v) is 12.1. The molecule has 77 heavy (non-hydrogen) atoms. The average molecular weight is 1160 g/mol. The van der Waals surface area contributed by atoms with Gasteiger partial charge >= 0.3 is 0 Å². The van der Waals surface area contributed by atoms with E-state index in [1.165, 1.54) is 30.5 Å². The van der Waals surface area contributed by atoms with Crippen molar-refractivity contribution >= 4 is 82.6 Å². The zero-order valence-electron chi connectivity index (χ0n) is 41.4. The van der Waals surface area contributed by atoms with Crippen LogP contribution in [0, 0.1) is 0 Å². The van der Waals surface area contributed by atoms with Crippen LogP contribution in [0.1, 0.15) is 80.4 Å². The van der Waals surface area contributed by atoms with Crippen molar-refractivity contribution < 1.29 is 76.6 Å². The van der Waals surface area contributed by atoms with E-state index in [9.17, 15) is 62.9 Å². The molecule has 0 saturated heterocycles. The summed E-state index contributed by atoms with van der Waals surface area (Å²) in [5.41, 5.74) is 6.47. The van der Waals surface area contributed by atoms with E-state index in [1.807, 2.05) is 17.0 Å². The number of nitrogens with two attached hydrogens (primary N) is 1. The second kappa shape index (κ2) is 27.9. The number of nitrogens with one attached hydrogen (secondary N) is 5. The molecule has 24 nitrogen and oxygen atoms in total. The zero-order valence-corrected chi connectivity index (χ0v) is 45.5. The van der Waals surface area contributed by atoms with E-state index in [0.717, 1.165) is 18.2 Å². The maximum absolute atomic E-state index is 14.0. The molecule has 0 fully saturated rings. The molecule has 3 aliphatic rings. The van der Waals surface area contributed by atoms with Gasteiger partial charge in [0, 0.05) is 84.8 Å². The molecule has 3 aliphatic heterocycles. The number of carbonyl (C=O) groups is 5. The van der Waals surface area contributed by atoms with Gasteiger partial charge in [0.15, 0.2) is 18.2 Å². The van der Waals surface area contributed by atoms with Gasteiger partial charge in [0.2, 0.25) is 35.4 Å². The van der Waals surface area contributed by atoms with Crippen LogP contribution < -0.4 is 41.6 Å². The molecular weight excluding hydrogens is 1100 g/mol. The monoisotopic (exact) mass is 1160 g/mol. The molecule has 5 aromatic rings. The van der Waals surface area contributed by atoms with Crippen molar-refractivity contribution in [3.05, 3.63) is 82.9 Å². The molecule has 3 unspecified atom stereocenters. The fourth-order valence-electron chi connectivity index (χ4n) is 8.00. The lowest BCUT2D eigenvalue weighted by atomic mass is 10.1. The van der Waals surface area contributed by atoms with Gasteiger partial charge in [-0.05, 0) is 93.8 Å². The third-order valence-electron chi connectivity index (χ3n) is 11.9. The van der Waals surface area contributed by atoms with Gasteiger partial charge in [-0.15, -0.1) is 22.7 Å². The Balaban J connectivity index is 1.20. The first kappa shape index (κ1) is 60.1. The van der Waals surface area contributed by atoms with Crippen LogP contribution >= 0.6 is 22.7 Å². The van der Waals surface area contributed by atoms with E-state index in [-0.39, 0.29) is 105 Å². The van der Waals surface area contributed by atoms with Crippen molar-refractivity contribution in [3.8, 4) is 28.5 Å². The van der Waals surface area contributed by atoms with Crippen LogP contribution in [-0.2, 0) is 73.7 Å². The molecule has 0 aliphatic carbocycles. The highest BCUT2D eigenvalue weighted by Gasteiger charge is 2.29. The summed E-state index contributed by atoms with van der Waals surface area (Å²) in [6.45, 7) is 0.721. The molecular formula is C48H58N8O16S5-2. The molecule has 7 N–H and O–H groups in total. The number of fused-ring (bicyclic) bond motifs is 2. The topological polar surface area (TPSA) is 382 Å². The molecule has 5 amide bonds. The first-order valence-electron chi connectivity index (χ1n) is 24.5. The van der Waals surface area contributed by atoms with Gasteiger partial charge in [-0.2, -0.15) is 0 Å². The average Bonchev–Trinajstić information content (AvgIpc) is 4.19. The van der Waals surface area contributed by atoms with Crippen LogP contribution in [0.25, 0.3) is 22.8 Å². The highest BCUT2D eigenvalue weighted by molar-refractivity contribution is 7.88. The minimum absolute atomic E-state index is 0.0264. The first-order chi connectivity index (χ1) is 36.6. The molecule has 7 heterocycles. The lowest BCUT2D eigenvalue weighted by Gasteiger charge is -2.23. The third kappa shape index (κ3) is 18.8. The van der Waals surface area contributed by atoms with Crippen LogP contribution in [0.4, 0.5) is 0 Å². The third-order valence-corrected chi connectivity index (χ3v) is 17.6. The number of pyridine rings is 1. The van der Waals surface area contributed by atoms with E-state index < -0.39 is 91.3 Å². The van der Waals surface area contributed by atoms with E-state index in [1.54, 1.807) is 12.1 Å². The fraction of sp³-hybridized carbons (Fsp3) is 0.438. The summed E-state index contributed by atoms with van der Waals surface area (Å²) in [5, 5.41) is 13.4.